The van der Waals surface area contributed by atoms with E-state index in [0.29, 0.717) is 0 Å². The van der Waals surface area contributed by atoms with Crippen LogP contribution in [-0.4, -0.2) is 38.0 Å². The van der Waals surface area contributed by atoms with Crippen LogP contribution in [0.15, 0.2) is 0 Å². The molecule has 0 N–H and O–H groups in total. The van der Waals surface area contributed by atoms with E-state index < -0.39 is 38.0 Å². The summed E-state index contributed by atoms with van der Waals surface area (Å²) in [5, 5.41) is 0. The van der Waals surface area contributed by atoms with E-state index >= 15 is 0 Å². The third-order valence-corrected chi connectivity index (χ3v) is 0.988. The first-order chi connectivity index (χ1) is 6.99. The van der Waals surface area contributed by atoms with Crippen molar-refractivity contribution in [3.63, 3.8) is 0 Å². The quantitative estimate of drug-likeness (QED) is 0.684. The Morgan fingerprint density at radius 1 is 0.812 bits per heavy atom. The summed E-state index contributed by atoms with van der Waals surface area (Å²) >= 11 is 0. The van der Waals surface area contributed by atoms with Crippen molar-refractivity contribution in [1.29, 1.82) is 0 Å². The van der Waals surface area contributed by atoms with Crippen molar-refractivity contribution < 1.29 is 43.9 Å². The molecule has 0 spiro atoms. The Bertz CT molecular complexity index is 173. The van der Waals surface area contributed by atoms with Crippen molar-refractivity contribution in [2.45, 2.75) is 24.7 Å². The Morgan fingerprint density at radius 3 is 1.19 bits per heavy atom. The molecule has 0 nitrogen and oxygen atoms in total. The normalized spacial score (nSPS) is 14.4. The molecular formula is C6H6F10. The minimum absolute atomic E-state index is 2.00. The highest BCUT2D eigenvalue weighted by Gasteiger charge is 2.40. The number of hydrogen-bond donors (Lipinski definition) is 0. The molecule has 1 unspecified atom stereocenters. The first kappa shape index (κ1) is 17.7. The van der Waals surface area contributed by atoms with Crippen molar-refractivity contribution >= 4 is 0 Å². The molecule has 10 heteroatoms. The smallest absolute Gasteiger partial charge is 0.248 e. The predicted octanol–water partition coefficient (Wildman–Crippen LogP) is 3.71. The predicted molar refractivity (Wildman–Crippen MR) is 33.9 cm³/mol. The molecule has 0 aliphatic heterocycles. The second-order valence-electron chi connectivity index (χ2n) is 2.36. The second kappa shape index (κ2) is 6.79. The molecule has 0 rings (SSSR count). The highest BCUT2D eigenvalue weighted by molar-refractivity contribution is 4.65. The Morgan fingerprint density at radius 2 is 1.19 bits per heavy atom. The molecular weight excluding hydrogens is 262 g/mol. The SMILES string of the molecule is FCC(F)(F)C(F)F.FCC(F)C(F)(F)F. The Hall–Kier alpha value is -0.700. The van der Waals surface area contributed by atoms with Crippen molar-refractivity contribution in [1.82, 2.24) is 0 Å². The first-order valence-corrected chi connectivity index (χ1v) is 3.47. The molecule has 0 fully saturated rings. The van der Waals surface area contributed by atoms with Crippen molar-refractivity contribution in [3.8, 4) is 0 Å². The van der Waals surface area contributed by atoms with Crippen LogP contribution in [0.1, 0.15) is 0 Å². The zero-order valence-corrected chi connectivity index (χ0v) is 7.35. The molecule has 100 valence electrons. The average Bonchev–Trinajstić information content (AvgIpc) is 2.15. The van der Waals surface area contributed by atoms with Crippen LogP contribution in [0.25, 0.3) is 0 Å². The van der Waals surface area contributed by atoms with Gasteiger partial charge in [0.05, 0.1) is 0 Å². The molecule has 0 aromatic carbocycles. The molecule has 16 heavy (non-hydrogen) atoms. The molecule has 0 radical (unpaired) electrons. The van der Waals surface area contributed by atoms with E-state index in [1.54, 1.807) is 0 Å². The van der Waals surface area contributed by atoms with Crippen LogP contribution in [0, 0.1) is 0 Å². The van der Waals surface area contributed by atoms with E-state index in [2.05, 4.69) is 0 Å². The summed E-state index contributed by atoms with van der Waals surface area (Å²) in [4.78, 5) is 0. The zero-order chi connectivity index (χ0) is 13.6. The van der Waals surface area contributed by atoms with Gasteiger partial charge in [-0.25, -0.2) is 22.0 Å². The summed E-state index contributed by atoms with van der Waals surface area (Å²) in [5.41, 5.74) is 0. The van der Waals surface area contributed by atoms with Gasteiger partial charge in [0.2, 0.25) is 6.17 Å². The minimum Gasteiger partial charge on any atom is -0.248 e. The molecule has 0 amide bonds. The average molecular weight is 268 g/mol. The molecule has 0 bridgehead atoms. The van der Waals surface area contributed by atoms with Crippen molar-refractivity contribution in [2.75, 3.05) is 13.3 Å². The van der Waals surface area contributed by atoms with Gasteiger partial charge < -0.3 is 0 Å². The fraction of sp³-hybridized carbons (Fsp3) is 1.00. The zero-order valence-electron chi connectivity index (χ0n) is 7.35. The third kappa shape index (κ3) is 7.57. The number of alkyl halides is 10. The fourth-order valence-electron chi connectivity index (χ4n) is 0.146. The summed E-state index contributed by atoms with van der Waals surface area (Å²) in [6, 6.07) is 0. The Labute approximate surface area is 83.2 Å². The van der Waals surface area contributed by atoms with Crippen LogP contribution in [0.3, 0.4) is 0 Å². The van der Waals surface area contributed by atoms with Gasteiger partial charge in [-0.05, 0) is 0 Å². The highest BCUT2D eigenvalue weighted by Crippen LogP contribution is 2.23. The van der Waals surface area contributed by atoms with Gasteiger partial charge in [-0.2, -0.15) is 22.0 Å². The van der Waals surface area contributed by atoms with Gasteiger partial charge in [0.25, 0.3) is 0 Å². The number of rotatable bonds is 3. The summed E-state index contributed by atoms with van der Waals surface area (Å²) in [6.45, 7) is -4.30. The number of hydrogen-bond acceptors (Lipinski definition) is 0. The van der Waals surface area contributed by atoms with Gasteiger partial charge in [0.1, 0.15) is 6.67 Å². The van der Waals surface area contributed by atoms with Crippen LogP contribution in [0.4, 0.5) is 43.9 Å². The lowest BCUT2D eigenvalue weighted by Crippen LogP contribution is -2.28. The molecule has 0 saturated carbocycles. The van der Waals surface area contributed by atoms with E-state index in [9.17, 15) is 43.9 Å². The van der Waals surface area contributed by atoms with Gasteiger partial charge in [-0.1, -0.05) is 0 Å². The highest BCUT2D eigenvalue weighted by atomic mass is 19.4. The maximum Gasteiger partial charge on any atom is 0.422 e. The molecule has 0 heterocycles. The van der Waals surface area contributed by atoms with Crippen molar-refractivity contribution in [2.24, 2.45) is 0 Å². The van der Waals surface area contributed by atoms with Crippen LogP contribution in [0.2, 0.25) is 0 Å². The Balaban J connectivity index is 0. The van der Waals surface area contributed by atoms with E-state index in [1.807, 2.05) is 0 Å². The van der Waals surface area contributed by atoms with Crippen LogP contribution in [-0.2, 0) is 0 Å². The van der Waals surface area contributed by atoms with E-state index in [4.69, 9.17) is 0 Å². The van der Waals surface area contributed by atoms with E-state index in [0.717, 1.165) is 0 Å². The maximum absolute atomic E-state index is 11.2. The number of halogens is 10. The van der Waals surface area contributed by atoms with Gasteiger partial charge >= 0.3 is 18.5 Å². The standard InChI is InChI=1S/2C3H3F5/c4-1-3(7,8)2(5)6;4-1-2(5)3(6,7)8/h2*2H,1H2. The minimum atomic E-state index is -5.03. The molecule has 1 atom stereocenters. The second-order valence-corrected chi connectivity index (χ2v) is 2.36. The van der Waals surface area contributed by atoms with Gasteiger partial charge in [-0.3, -0.25) is 0 Å². The summed E-state index contributed by atoms with van der Waals surface area (Å²) < 4.78 is 109. The molecule has 0 aromatic rings. The topological polar surface area (TPSA) is 0 Å². The first-order valence-electron chi connectivity index (χ1n) is 3.47. The molecule has 0 aromatic heterocycles. The lowest BCUT2D eigenvalue weighted by Gasteiger charge is -2.08. The third-order valence-electron chi connectivity index (χ3n) is 0.988. The summed E-state index contributed by atoms with van der Waals surface area (Å²) in [6.07, 6.45) is -12.2. The van der Waals surface area contributed by atoms with Gasteiger partial charge in [-0.15, -0.1) is 0 Å². The largest absolute Gasteiger partial charge is 0.422 e. The monoisotopic (exact) mass is 268 g/mol. The van der Waals surface area contributed by atoms with E-state index in [-0.39, 0.29) is 0 Å². The van der Waals surface area contributed by atoms with Crippen LogP contribution >= 0.6 is 0 Å². The fourth-order valence-corrected chi connectivity index (χ4v) is 0.146. The molecule has 0 aliphatic rings. The van der Waals surface area contributed by atoms with E-state index in [1.165, 1.54) is 0 Å². The molecule has 0 saturated heterocycles. The van der Waals surface area contributed by atoms with Crippen LogP contribution in [0.5, 0.6) is 0 Å². The lowest BCUT2D eigenvalue weighted by atomic mass is 10.4. The maximum atomic E-state index is 11.2. The summed E-state index contributed by atoms with van der Waals surface area (Å²) in [5.74, 6) is -4.46. The van der Waals surface area contributed by atoms with Gasteiger partial charge in [0, 0.05) is 0 Å². The van der Waals surface area contributed by atoms with Crippen molar-refractivity contribution in [3.05, 3.63) is 0 Å². The lowest BCUT2D eigenvalue weighted by molar-refractivity contribution is -0.183. The van der Waals surface area contributed by atoms with Crippen LogP contribution < -0.4 is 0 Å². The Kier molecular flexibility index (Phi) is 7.51. The molecule has 0 aliphatic carbocycles. The van der Waals surface area contributed by atoms with Gasteiger partial charge in [0.15, 0.2) is 6.67 Å². The summed E-state index contributed by atoms with van der Waals surface area (Å²) in [7, 11) is 0.